The fourth-order valence-corrected chi connectivity index (χ4v) is 3.42. The molecular weight excluding hydrogens is 320 g/mol. The molecule has 0 radical (unpaired) electrons. The summed E-state index contributed by atoms with van der Waals surface area (Å²) in [6.07, 6.45) is 6.84. The Morgan fingerprint density at radius 1 is 1.16 bits per heavy atom. The maximum atomic E-state index is 12.5. The summed E-state index contributed by atoms with van der Waals surface area (Å²) >= 11 is 0. The topological polar surface area (TPSA) is 87.0 Å². The van der Waals surface area contributed by atoms with Crippen LogP contribution in [0.1, 0.15) is 66.2 Å². The van der Waals surface area contributed by atoms with E-state index in [9.17, 15) is 20.1 Å². The summed E-state index contributed by atoms with van der Waals surface area (Å²) in [6, 6.07) is 0. The van der Waals surface area contributed by atoms with Crippen molar-refractivity contribution in [3.63, 3.8) is 0 Å². The van der Waals surface area contributed by atoms with Crippen molar-refractivity contribution in [2.24, 2.45) is 5.92 Å². The minimum atomic E-state index is -1.15. The van der Waals surface area contributed by atoms with E-state index >= 15 is 0 Å². The number of allylic oxidation sites excluding steroid dienone is 1. The Morgan fingerprint density at radius 2 is 1.84 bits per heavy atom. The molecule has 0 saturated heterocycles. The number of carbonyl (C=O) groups excluding carboxylic acids is 1. The number of rotatable bonds is 1. The van der Waals surface area contributed by atoms with Crippen LogP contribution in [0.15, 0.2) is 23.8 Å². The van der Waals surface area contributed by atoms with Crippen LogP contribution in [0.25, 0.3) is 0 Å². The Hall–Kier alpha value is -1.17. The predicted octanol–water partition coefficient (Wildman–Crippen LogP) is 2.64. The van der Waals surface area contributed by atoms with Crippen molar-refractivity contribution in [3.8, 4) is 0 Å². The molecule has 0 aliphatic carbocycles. The van der Waals surface area contributed by atoms with Crippen molar-refractivity contribution in [2.75, 3.05) is 0 Å². The number of aliphatic hydroxyl groups excluding tert-OH is 1. The van der Waals surface area contributed by atoms with Crippen LogP contribution in [0.2, 0.25) is 0 Å². The molecule has 2 aliphatic heterocycles. The van der Waals surface area contributed by atoms with Crippen molar-refractivity contribution in [1.29, 1.82) is 0 Å². The lowest BCUT2D eigenvalue weighted by Gasteiger charge is -2.34. The zero-order valence-electron chi connectivity index (χ0n) is 15.8. The van der Waals surface area contributed by atoms with Crippen molar-refractivity contribution >= 4 is 5.97 Å². The van der Waals surface area contributed by atoms with Gasteiger partial charge in [0.1, 0.15) is 5.60 Å². The molecule has 142 valence electrons. The van der Waals surface area contributed by atoms with Gasteiger partial charge in [-0.15, -0.1) is 0 Å². The summed E-state index contributed by atoms with van der Waals surface area (Å²) in [5.41, 5.74) is -2.68. The van der Waals surface area contributed by atoms with Gasteiger partial charge >= 0.3 is 5.97 Å². The standard InChI is InChI=1S/C20H32O5/c1-14(2)20(24)11-7-15-6-5-9-19(4,25-17(15)22)16(21)8-10-18(3,23)12-13-20/h6,12-14,16,21,23-24H,5,7-11H2,1-4H3/b13-12+/t16-,18-,19-,20+/m1/s1. The highest BCUT2D eigenvalue weighted by atomic mass is 16.6. The van der Waals surface area contributed by atoms with Gasteiger partial charge in [0, 0.05) is 5.57 Å². The van der Waals surface area contributed by atoms with E-state index in [1.807, 2.05) is 19.9 Å². The number of hydrogen-bond donors (Lipinski definition) is 3. The minimum absolute atomic E-state index is 0.0667. The van der Waals surface area contributed by atoms with E-state index in [-0.39, 0.29) is 5.92 Å². The van der Waals surface area contributed by atoms with Gasteiger partial charge in [0.25, 0.3) is 0 Å². The molecule has 2 bridgehead atoms. The van der Waals surface area contributed by atoms with Crippen LogP contribution in [0.4, 0.5) is 0 Å². The van der Waals surface area contributed by atoms with Gasteiger partial charge in [-0.25, -0.2) is 4.79 Å². The van der Waals surface area contributed by atoms with Crippen molar-refractivity contribution in [3.05, 3.63) is 23.8 Å². The summed E-state index contributed by atoms with van der Waals surface area (Å²) in [4.78, 5) is 12.5. The third-order valence-electron chi connectivity index (χ3n) is 5.77. The third kappa shape index (κ3) is 4.72. The number of carbonyl (C=O) groups is 1. The number of hydrogen-bond acceptors (Lipinski definition) is 5. The monoisotopic (exact) mass is 352 g/mol. The van der Waals surface area contributed by atoms with Crippen molar-refractivity contribution in [2.45, 2.75) is 89.1 Å². The van der Waals surface area contributed by atoms with Gasteiger partial charge in [-0.05, 0) is 58.3 Å². The quantitative estimate of drug-likeness (QED) is 0.499. The second-order valence-electron chi connectivity index (χ2n) is 8.36. The Labute approximate surface area is 150 Å². The summed E-state index contributed by atoms with van der Waals surface area (Å²) in [5.74, 6) is -0.483. The van der Waals surface area contributed by atoms with Crippen LogP contribution >= 0.6 is 0 Å². The summed E-state index contributed by atoms with van der Waals surface area (Å²) in [6.45, 7) is 7.24. The molecular formula is C20H32O5. The molecule has 0 spiro atoms. The van der Waals surface area contributed by atoms with Crippen molar-refractivity contribution in [1.82, 2.24) is 0 Å². The van der Waals surface area contributed by atoms with E-state index < -0.39 is 28.9 Å². The number of aliphatic hydroxyl groups is 3. The fourth-order valence-electron chi connectivity index (χ4n) is 3.42. The van der Waals surface area contributed by atoms with Crippen LogP contribution in [0.5, 0.6) is 0 Å². The summed E-state index contributed by atoms with van der Waals surface area (Å²) < 4.78 is 5.64. The van der Waals surface area contributed by atoms with E-state index in [0.717, 1.165) is 0 Å². The molecule has 0 aromatic carbocycles. The lowest BCUT2D eigenvalue weighted by molar-refractivity contribution is -0.167. The van der Waals surface area contributed by atoms with Crippen LogP contribution in [0, 0.1) is 5.92 Å². The van der Waals surface area contributed by atoms with Crippen LogP contribution < -0.4 is 0 Å². The van der Waals surface area contributed by atoms with Crippen LogP contribution in [-0.4, -0.2) is 44.2 Å². The fraction of sp³-hybridized carbons (Fsp3) is 0.750. The molecule has 0 amide bonds. The molecule has 0 aromatic rings. The molecule has 0 saturated carbocycles. The number of ether oxygens (including phenoxy) is 1. The Bertz CT molecular complexity index is 562. The lowest BCUT2D eigenvalue weighted by Crippen LogP contribution is -2.44. The number of fused-ring (bicyclic) bond motifs is 3. The Kier molecular flexibility index (Phi) is 5.81. The second kappa shape index (κ2) is 7.22. The first-order valence-corrected chi connectivity index (χ1v) is 9.23. The third-order valence-corrected chi connectivity index (χ3v) is 5.77. The summed E-state index contributed by atoms with van der Waals surface area (Å²) in [5, 5.41) is 32.2. The van der Waals surface area contributed by atoms with E-state index in [0.29, 0.717) is 44.1 Å². The molecule has 25 heavy (non-hydrogen) atoms. The zero-order valence-corrected chi connectivity index (χ0v) is 15.8. The average molecular weight is 352 g/mol. The molecule has 5 nitrogen and oxygen atoms in total. The first-order valence-electron chi connectivity index (χ1n) is 9.23. The molecule has 0 unspecified atom stereocenters. The predicted molar refractivity (Wildman–Crippen MR) is 95.8 cm³/mol. The van der Waals surface area contributed by atoms with E-state index in [4.69, 9.17) is 4.74 Å². The first kappa shape index (κ1) is 20.1. The van der Waals surface area contributed by atoms with Crippen LogP contribution in [-0.2, 0) is 9.53 Å². The molecule has 2 heterocycles. The molecule has 0 fully saturated rings. The highest BCUT2D eigenvalue weighted by Gasteiger charge is 2.40. The largest absolute Gasteiger partial charge is 0.453 e. The highest BCUT2D eigenvalue weighted by molar-refractivity contribution is 5.89. The highest BCUT2D eigenvalue weighted by Crippen LogP contribution is 2.35. The van der Waals surface area contributed by atoms with E-state index in [2.05, 4.69) is 0 Å². The maximum absolute atomic E-state index is 12.5. The molecule has 0 aromatic heterocycles. The minimum Gasteiger partial charge on any atom is -0.453 e. The Balaban J connectivity index is 2.39. The lowest BCUT2D eigenvalue weighted by atomic mass is 9.82. The first-order chi connectivity index (χ1) is 11.5. The van der Waals surface area contributed by atoms with Gasteiger partial charge < -0.3 is 20.1 Å². The van der Waals surface area contributed by atoms with Gasteiger partial charge in [-0.3, -0.25) is 0 Å². The molecule has 2 aliphatic rings. The van der Waals surface area contributed by atoms with E-state index in [1.165, 1.54) is 0 Å². The smallest absolute Gasteiger partial charge is 0.334 e. The SMILES string of the molecule is CC(C)[C@@]1(O)/C=C/[C@](C)(O)CC[C@@H](O)[C@@]2(C)CCC=C(CC1)C(=O)O2. The second-order valence-corrected chi connectivity index (χ2v) is 8.36. The molecule has 2 rings (SSSR count). The van der Waals surface area contributed by atoms with Crippen LogP contribution in [0.3, 0.4) is 0 Å². The average Bonchev–Trinajstić information content (AvgIpc) is 2.67. The zero-order chi connectivity index (χ0) is 18.9. The molecule has 3 N–H and O–H groups in total. The molecule has 5 heteroatoms. The van der Waals surface area contributed by atoms with Gasteiger partial charge in [-0.2, -0.15) is 0 Å². The molecule has 4 atom stereocenters. The Morgan fingerprint density at radius 3 is 2.48 bits per heavy atom. The van der Waals surface area contributed by atoms with E-state index in [1.54, 1.807) is 26.0 Å². The van der Waals surface area contributed by atoms with Gasteiger partial charge in [0.05, 0.1) is 17.3 Å². The number of esters is 1. The maximum Gasteiger partial charge on any atom is 0.334 e. The normalized spacial score (nSPS) is 41.8. The summed E-state index contributed by atoms with van der Waals surface area (Å²) in [7, 11) is 0. The van der Waals surface area contributed by atoms with Crippen molar-refractivity contribution < 1.29 is 24.9 Å². The van der Waals surface area contributed by atoms with Gasteiger partial charge in [0.2, 0.25) is 0 Å². The van der Waals surface area contributed by atoms with Gasteiger partial charge in [-0.1, -0.05) is 32.1 Å². The van der Waals surface area contributed by atoms with Gasteiger partial charge in [0.15, 0.2) is 0 Å².